The van der Waals surface area contributed by atoms with Crippen molar-refractivity contribution < 1.29 is 5.11 Å². The summed E-state index contributed by atoms with van der Waals surface area (Å²) in [6.07, 6.45) is 13.2. The zero-order valence-corrected chi connectivity index (χ0v) is 8.02. The predicted molar refractivity (Wildman–Crippen MR) is 51.3 cm³/mol. The molecule has 71 valence electrons. The molecule has 0 unspecified atom stereocenters. The van der Waals surface area contributed by atoms with Crippen LogP contribution >= 0.6 is 0 Å². The first-order valence-corrected chi connectivity index (χ1v) is 5.43. The fraction of sp³-hybridized carbons (Fsp3) is 0.909. The summed E-state index contributed by atoms with van der Waals surface area (Å²) >= 11 is 0. The Bertz CT molecular complexity index is 89.2. The van der Waals surface area contributed by atoms with Crippen LogP contribution in [0.2, 0.25) is 0 Å². The van der Waals surface area contributed by atoms with Crippen molar-refractivity contribution >= 4 is 0 Å². The SMILES string of the molecule is O[C]1CCCCCCCCCC1. The van der Waals surface area contributed by atoms with Crippen LogP contribution in [0.25, 0.3) is 0 Å². The first-order valence-electron chi connectivity index (χ1n) is 5.43. The second-order valence-electron chi connectivity index (χ2n) is 3.89. The number of hydrogen-bond donors (Lipinski definition) is 1. The molecule has 1 radical (unpaired) electrons. The van der Waals surface area contributed by atoms with Crippen LogP contribution in [0.3, 0.4) is 0 Å². The lowest BCUT2D eigenvalue weighted by atomic mass is 10.1. The van der Waals surface area contributed by atoms with Crippen molar-refractivity contribution in [2.24, 2.45) is 0 Å². The van der Waals surface area contributed by atoms with Crippen molar-refractivity contribution in [2.45, 2.75) is 64.2 Å². The smallest absolute Gasteiger partial charge is 0.0933 e. The van der Waals surface area contributed by atoms with Crippen LogP contribution < -0.4 is 0 Å². The fourth-order valence-corrected chi connectivity index (χ4v) is 1.84. The normalized spacial score (nSPS) is 24.8. The molecule has 0 amide bonds. The summed E-state index contributed by atoms with van der Waals surface area (Å²) in [5, 5.41) is 9.44. The summed E-state index contributed by atoms with van der Waals surface area (Å²) in [6, 6.07) is 0. The third-order valence-electron chi connectivity index (χ3n) is 2.68. The summed E-state index contributed by atoms with van der Waals surface area (Å²) in [5.74, 6) is 0. The van der Waals surface area contributed by atoms with E-state index < -0.39 is 0 Å². The molecule has 0 atom stereocenters. The van der Waals surface area contributed by atoms with E-state index in [9.17, 15) is 5.11 Å². The average Bonchev–Trinajstić information content (AvgIpc) is 2.11. The van der Waals surface area contributed by atoms with Gasteiger partial charge in [0.1, 0.15) is 0 Å². The minimum Gasteiger partial charge on any atom is -0.387 e. The van der Waals surface area contributed by atoms with E-state index in [0.29, 0.717) is 0 Å². The van der Waals surface area contributed by atoms with Gasteiger partial charge < -0.3 is 5.11 Å². The molecule has 12 heavy (non-hydrogen) atoms. The van der Waals surface area contributed by atoms with Gasteiger partial charge in [-0.3, -0.25) is 0 Å². The summed E-state index contributed by atoms with van der Waals surface area (Å²) in [5.41, 5.74) is 0. The molecule has 1 heteroatoms. The highest BCUT2D eigenvalue weighted by molar-refractivity contribution is 4.75. The van der Waals surface area contributed by atoms with E-state index in [1.165, 1.54) is 51.4 Å². The van der Waals surface area contributed by atoms with Gasteiger partial charge in [0.25, 0.3) is 0 Å². The minimum atomic E-state index is 0.747. The van der Waals surface area contributed by atoms with Gasteiger partial charge in [-0.05, 0) is 12.8 Å². The van der Waals surface area contributed by atoms with Crippen LogP contribution in [0.15, 0.2) is 0 Å². The molecule has 0 aliphatic heterocycles. The molecular formula is C11H21O. The molecule has 0 aromatic heterocycles. The Morgan fingerprint density at radius 3 is 1.33 bits per heavy atom. The first kappa shape index (κ1) is 10.0. The molecule has 0 aromatic rings. The van der Waals surface area contributed by atoms with Gasteiger partial charge in [0.05, 0.1) is 6.10 Å². The van der Waals surface area contributed by atoms with E-state index in [-0.39, 0.29) is 0 Å². The number of rotatable bonds is 0. The Balaban J connectivity index is 2.13. The minimum absolute atomic E-state index is 0.747. The Labute approximate surface area is 76.2 Å². The lowest BCUT2D eigenvalue weighted by Crippen LogP contribution is -1.95. The van der Waals surface area contributed by atoms with Crippen molar-refractivity contribution in [1.82, 2.24) is 0 Å². The van der Waals surface area contributed by atoms with E-state index in [2.05, 4.69) is 0 Å². The van der Waals surface area contributed by atoms with Gasteiger partial charge in [0, 0.05) is 0 Å². The van der Waals surface area contributed by atoms with Gasteiger partial charge in [0.2, 0.25) is 0 Å². The highest BCUT2D eigenvalue weighted by Crippen LogP contribution is 2.20. The highest BCUT2D eigenvalue weighted by atomic mass is 16.3. The van der Waals surface area contributed by atoms with Gasteiger partial charge in [0.15, 0.2) is 0 Å². The zero-order valence-electron chi connectivity index (χ0n) is 8.02. The Kier molecular flexibility index (Phi) is 5.42. The van der Waals surface area contributed by atoms with Crippen LogP contribution in [0.1, 0.15) is 64.2 Å². The molecule has 1 nitrogen and oxygen atoms in total. The molecule has 1 aliphatic rings. The third-order valence-corrected chi connectivity index (χ3v) is 2.68. The molecule has 0 heterocycles. The summed E-state index contributed by atoms with van der Waals surface area (Å²) in [7, 11) is 0. The van der Waals surface area contributed by atoms with Crippen LogP contribution in [0.4, 0.5) is 0 Å². The summed E-state index contributed by atoms with van der Waals surface area (Å²) in [6.45, 7) is 0. The number of hydrogen-bond acceptors (Lipinski definition) is 1. The average molecular weight is 169 g/mol. The maximum atomic E-state index is 9.44. The number of aliphatic hydroxyl groups excluding tert-OH is 1. The van der Waals surface area contributed by atoms with Gasteiger partial charge in [-0.2, -0.15) is 0 Å². The number of aliphatic hydroxyl groups is 1. The van der Waals surface area contributed by atoms with Crippen molar-refractivity contribution in [3.63, 3.8) is 0 Å². The van der Waals surface area contributed by atoms with Crippen LogP contribution in [0.5, 0.6) is 0 Å². The molecule has 1 rings (SSSR count). The topological polar surface area (TPSA) is 20.2 Å². The summed E-state index contributed by atoms with van der Waals surface area (Å²) < 4.78 is 0. The quantitative estimate of drug-likeness (QED) is 0.584. The van der Waals surface area contributed by atoms with Gasteiger partial charge >= 0.3 is 0 Å². The molecule has 0 saturated heterocycles. The van der Waals surface area contributed by atoms with Gasteiger partial charge in [-0.15, -0.1) is 0 Å². The monoisotopic (exact) mass is 169 g/mol. The standard InChI is InChI=1S/C11H21O/c12-11-9-7-5-3-1-2-4-6-8-10-11/h12H,1-10H2. The van der Waals surface area contributed by atoms with Crippen LogP contribution in [-0.4, -0.2) is 5.11 Å². The maximum Gasteiger partial charge on any atom is 0.0933 e. The molecule has 1 fully saturated rings. The van der Waals surface area contributed by atoms with Crippen molar-refractivity contribution in [3.8, 4) is 0 Å². The molecule has 0 bridgehead atoms. The van der Waals surface area contributed by atoms with E-state index >= 15 is 0 Å². The Morgan fingerprint density at radius 1 is 0.583 bits per heavy atom. The highest BCUT2D eigenvalue weighted by Gasteiger charge is 2.05. The zero-order chi connectivity index (χ0) is 8.65. The predicted octanol–water partition coefficient (Wildman–Crippen LogP) is 3.81. The molecule has 0 aromatic carbocycles. The fourth-order valence-electron chi connectivity index (χ4n) is 1.84. The van der Waals surface area contributed by atoms with Crippen molar-refractivity contribution in [2.75, 3.05) is 0 Å². The van der Waals surface area contributed by atoms with E-state index in [1.54, 1.807) is 0 Å². The molecule has 1 aliphatic carbocycles. The van der Waals surface area contributed by atoms with E-state index in [0.717, 1.165) is 18.9 Å². The second-order valence-corrected chi connectivity index (χ2v) is 3.89. The lowest BCUT2D eigenvalue weighted by molar-refractivity contribution is 0.259. The van der Waals surface area contributed by atoms with Gasteiger partial charge in [-0.1, -0.05) is 51.4 Å². The molecule has 1 saturated carbocycles. The van der Waals surface area contributed by atoms with Crippen molar-refractivity contribution in [3.05, 3.63) is 6.10 Å². The third kappa shape index (κ3) is 4.76. The largest absolute Gasteiger partial charge is 0.387 e. The van der Waals surface area contributed by atoms with E-state index in [1.807, 2.05) is 0 Å². The Hall–Kier alpha value is -0.0400. The first-order chi connectivity index (χ1) is 5.89. The van der Waals surface area contributed by atoms with Crippen LogP contribution in [-0.2, 0) is 0 Å². The maximum absolute atomic E-state index is 9.44. The van der Waals surface area contributed by atoms with Gasteiger partial charge in [-0.25, -0.2) is 0 Å². The Morgan fingerprint density at radius 2 is 0.917 bits per heavy atom. The van der Waals surface area contributed by atoms with Crippen molar-refractivity contribution in [1.29, 1.82) is 0 Å². The molecular weight excluding hydrogens is 148 g/mol. The lowest BCUT2D eigenvalue weighted by Gasteiger charge is -2.06. The second kappa shape index (κ2) is 6.47. The molecule has 1 N–H and O–H groups in total. The van der Waals surface area contributed by atoms with Crippen LogP contribution in [0, 0.1) is 6.10 Å². The summed E-state index contributed by atoms with van der Waals surface area (Å²) in [4.78, 5) is 0. The molecule has 0 spiro atoms. The van der Waals surface area contributed by atoms with E-state index in [4.69, 9.17) is 0 Å².